The van der Waals surface area contributed by atoms with Gasteiger partial charge in [-0.3, -0.25) is 4.79 Å². The molecular formula is C13H10ClNO4S. The van der Waals surface area contributed by atoms with Gasteiger partial charge < -0.3 is 15.5 Å². The lowest BCUT2D eigenvalue weighted by molar-refractivity contribution is 0.0698. The molecule has 0 saturated heterocycles. The highest BCUT2D eigenvalue weighted by Crippen LogP contribution is 2.29. The summed E-state index contributed by atoms with van der Waals surface area (Å²) in [5.41, 5.74) is 0.279. The zero-order chi connectivity index (χ0) is 14.9. The third kappa shape index (κ3) is 2.92. The van der Waals surface area contributed by atoms with Gasteiger partial charge in [0.15, 0.2) is 0 Å². The molecule has 0 atom stereocenters. The highest BCUT2D eigenvalue weighted by molar-refractivity contribution is 7.16. The number of thiophene rings is 1. The largest absolute Gasteiger partial charge is 0.506 e. The standard InChI is InChI=1S/C13H10ClNO4S/c1-6-4-8(13(18)19)12(20-6)15-11(17)7-2-3-10(16)9(14)5-7/h2-5,16H,1H3,(H,15,17)(H,18,19). The third-order valence-electron chi connectivity index (χ3n) is 2.52. The summed E-state index contributed by atoms with van der Waals surface area (Å²) in [6.45, 7) is 1.75. The van der Waals surface area contributed by atoms with E-state index in [1.54, 1.807) is 6.92 Å². The van der Waals surface area contributed by atoms with Crippen molar-refractivity contribution >= 4 is 39.8 Å². The lowest BCUT2D eigenvalue weighted by atomic mass is 10.2. The number of aryl methyl sites for hydroxylation is 1. The van der Waals surface area contributed by atoms with E-state index in [-0.39, 0.29) is 26.9 Å². The molecule has 0 aliphatic rings. The number of phenolic OH excluding ortho intramolecular Hbond substituents is 1. The lowest BCUT2D eigenvalue weighted by Gasteiger charge is -2.05. The van der Waals surface area contributed by atoms with Crippen molar-refractivity contribution in [2.45, 2.75) is 6.92 Å². The molecule has 20 heavy (non-hydrogen) atoms. The van der Waals surface area contributed by atoms with Gasteiger partial charge in [-0.1, -0.05) is 11.6 Å². The number of benzene rings is 1. The number of aromatic carboxylic acids is 1. The molecule has 0 aliphatic carbocycles. The topological polar surface area (TPSA) is 86.6 Å². The maximum absolute atomic E-state index is 12.0. The van der Waals surface area contributed by atoms with Gasteiger partial charge in [0, 0.05) is 10.4 Å². The van der Waals surface area contributed by atoms with Gasteiger partial charge >= 0.3 is 5.97 Å². The second-order valence-electron chi connectivity index (χ2n) is 4.03. The highest BCUT2D eigenvalue weighted by atomic mass is 35.5. The number of carbonyl (C=O) groups is 2. The number of carbonyl (C=O) groups excluding carboxylic acids is 1. The zero-order valence-corrected chi connectivity index (χ0v) is 11.9. The maximum atomic E-state index is 12.0. The Labute approximate surface area is 123 Å². The van der Waals surface area contributed by atoms with Crippen LogP contribution in [0.5, 0.6) is 5.75 Å². The van der Waals surface area contributed by atoms with Crippen molar-refractivity contribution in [3.8, 4) is 5.75 Å². The minimum absolute atomic E-state index is 0.0470. The fourth-order valence-corrected chi connectivity index (χ4v) is 2.67. The minimum Gasteiger partial charge on any atom is -0.506 e. The molecule has 0 aliphatic heterocycles. The van der Waals surface area contributed by atoms with Crippen LogP contribution in [-0.4, -0.2) is 22.1 Å². The van der Waals surface area contributed by atoms with Gasteiger partial charge in [0.1, 0.15) is 10.8 Å². The van der Waals surface area contributed by atoms with Gasteiger partial charge in [-0.05, 0) is 31.2 Å². The van der Waals surface area contributed by atoms with Crippen molar-refractivity contribution in [1.29, 1.82) is 0 Å². The molecule has 0 spiro atoms. The minimum atomic E-state index is -1.10. The van der Waals surface area contributed by atoms with E-state index >= 15 is 0 Å². The molecule has 0 saturated carbocycles. The van der Waals surface area contributed by atoms with Crippen LogP contribution >= 0.6 is 22.9 Å². The summed E-state index contributed by atoms with van der Waals surface area (Å²) < 4.78 is 0. The average Bonchev–Trinajstić information content (AvgIpc) is 2.73. The lowest BCUT2D eigenvalue weighted by Crippen LogP contribution is -2.13. The van der Waals surface area contributed by atoms with Gasteiger partial charge in [-0.25, -0.2) is 4.79 Å². The number of amides is 1. The predicted molar refractivity (Wildman–Crippen MR) is 77.1 cm³/mol. The van der Waals surface area contributed by atoms with Gasteiger partial charge in [-0.2, -0.15) is 0 Å². The molecule has 3 N–H and O–H groups in total. The maximum Gasteiger partial charge on any atom is 0.338 e. The van der Waals surface area contributed by atoms with Crippen LogP contribution in [0.2, 0.25) is 5.02 Å². The van der Waals surface area contributed by atoms with Crippen molar-refractivity contribution < 1.29 is 19.8 Å². The number of hydrogen-bond donors (Lipinski definition) is 3. The SMILES string of the molecule is Cc1cc(C(=O)O)c(NC(=O)c2ccc(O)c(Cl)c2)s1. The van der Waals surface area contributed by atoms with Gasteiger partial charge in [0.25, 0.3) is 5.91 Å². The summed E-state index contributed by atoms with van der Waals surface area (Å²) in [6, 6.07) is 5.51. The van der Waals surface area contributed by atoms with Crippen molar-refractivity contribution in [3.05, 3.63) is 45.3 Å². The predicted octanol–water partition coefficient (Wildman–Crippen LogP) is 3.37. The second-order valence-corrected chi connectivity index (χ2v) is 5.69. The fraction of sp³-hybridized carbons (Fsp3) is 0.0769. The molecule has 7 heteroatoms. The number of rotatable bonds is 3. The quantitative estimate of drug-likeness (QED) is 0.811. The van der Waals surface area contributed by atoms with Gasteiger partial charge in [-0.15, -0.1) is 11.3 Å². The monoisotopic (exact) mass is 311 g/mol. The molecule has 1 amide bonds. The average molecular weight is 312 g/mol. The Hall–Kier alpha value is -2.05. The van der Waals surface area contributed by atoms with E-state index in [9.17, 15) is 14.7 Å². The summed E-state index contributed by atoms with van der Waals surface area (Å²) in [7, 11) is 0. The van der Waals surface area contributed by atoms with E-state index in [0.29, 0.717) is 0 Å². The molecule has 104 valence electrons. The van der Waals surface area contributed by atoms with Crippen molar-refractivity contribution in [2.24, 2.45) is 0 Å². The number of nitrogens with one attached hydrogen (secondary N) is 1. The molecule has 0 fully saturated rings. The first-order valence-corrected chi connectivity index (χ1v) is 6.71. The first-order chi connectivity index (χ1) is 9.38. The molecule has 1 aromatic carbocycles. The molecular weight excluding hydrogens is 302 g/mol. The molecule has 2 rings (SSSR count). The van der Waals surface area contributed by atoms with Crippen LogP contribution < -0.4 is 5.32 Å². The first-order valence-electron chi connectivity index (χ1n) is 5.52. The number of anilines is 1. The van der Waals surface area contributed by atoms with Gasteiger partial charge in [0.2, 0.25) is 0 Å². The van der Waals surface area contributed by atoms with Crippen molar-refractivity contribution in [3.63, 3.8) is 0 Å². The van der Waals surface area contributed by atoms with E-state index < -0.39 is 11.9 Å². The zero-order valence-electron chi connectivity index (χ0n) is 10.3. The second kappa shape index (κ2) is 5.52. The van der Waals surface area contributed by atoms with E-state index in [1.807, 2.05) is 0 Å². The van der Waals surface area contributed by atoms with E-state index in [4.69, 9.17) is 16.7 Å². The van der Waals surface area contributed by atoms with Crippen LogP contribution in [0.1, 0.15) is 25.6 Å². The van der Waals surface area contributed by atoms with E-state index in [0.717, 1.165) is 4.88 Å². The van der Waals surface area contributed by atoms with Crippen LogP contribution in [0.4, 0.5) is 5.00 Å². The first kappa shape index (κ1) is 14.4. The number of hydrogen-bond acceptors (Lipinski definition) is 4. The summed E-state index contributed by atoms with van der Waals surface area (Å²) in [5, 5.41) is 21.2. The molecule has 1 heterocycles. The summed E-state index contributed by atoms with van der Waals surface area (Å²) in [6.07, 6.45) is 0. The van der Waals surface area contributed by atoms with Crippen LogP contribution in [0.3, 0.4) is 0 Å². The number of halogens is 1. The number of carboxylic acid groups (broad SMARTS) is 1. The summed E-state index contributed by atoms with van der Waals surface area (Å²) >= 11 is 6.90. The third-order valence-corrected chi connectivity index (χ3v) is 3.79. The fourth-order valence-electron chi connectivity index (χ4n) is 1.59. The summed E-state index contributed by atoms with van der Waals surface area (Å²) in [5.74, 6) is -1.72. The van der Waals surface area contributed by atoms with E-state index in [1.165, 1.54) is 35.6 Å². The van der Waals surface area contributed by atoms with Crippen LogP contribution in [0.15, 0.2) is 24.3 Å². The van der Waals surface area contributed by atoms with Crippen LogP contribution in [0.25, 0.3) is 0 Å². The van der Waals surface area contributed by atoms with Crippen LogP contribution in [0, 0.1) is 6.92 Å². The molecule has 1 aromatic heterocycles. The smallest absolute Gasteiger partial charge is 0.338 e. The Bertz CT molecular complexity index is 696. The molecule has 0 radical (unpaired) electrons. The molecule has 5 nitrogen and oxygen atoms in total. The normalized spacial score (nSPS) is 10.3. The van der Waals surface area contributed by atoms with Gasteiger partial charge in [0.05, 0.1) is 10.6 Å². The van der Waals surface area contributed by atoms with E-state index in [2.05, 4.69) is 5.32 Å². The molecule has 0 bridgehead atoms. The summed E-state index contributed by atoms with van der Waals surface area (Å²) in [4.78, 5) is 23.9. The Morgan fingerprint density at radius 2 is 2.00 bits per heavy atom. The number of aromatic hydroxyl groups is 1. The molecule has 2 aromatic rings. The van der Waals surface area contributed by atoms with Crippen molar-refractivity contribution in [2.75, 3.05) is 5.32 Å². The Kier molecular flexibility index (Phi) is 3.96. The van der Waals surface area contributed by atoms with Crippen molar-refractivity contribution in [1.82, 2.24) is 0 Å². The number of phenols is 1. The molecule has 0 unspecified atom stereocenters. The highest BCUT2D eigenvalue weighted by Gasteiger charge is 2.17. The Morgan fingerprint density at radius 3 is 2.60 bits per heavy atom. The Morgan fingerprint density at radius 1 is 1.30 bits per heavy atom. The number of carboxylic acids is 1. The van der Waals surface area contributed by atoms with Crippen LogP contribution in [-0.2, 0) is 0 Å². The Balaban J connectivity index is 2.27.